The molecule has 1 amide bonds. The van der Waals surface area contributed by atoms with Crippen molar-refractivity contribution in [3.63, 3.8) is 0 Å². The lowest BCUT2D eigenvalue weighted by Crippen LogP contribution is -2.26. The number of amides is 1. The van der Waals surface area contributed by atoms with E-state index in [-0.39, 0.29) is 24.4 Å². The summed E-state index contributed by atoms with van der Waals surface area (Å²) in [6, 6.07) is 15.7. The zero-order valence-corrected chi connectivity index (χ0v) is 16.6. The first kappa shape index (κ1) is 19.8. The Bertz CT molecular complexity index is 879. The predicted molar refractivity (Wildman–Crippen MR) is 109 cm³/mol. The Kier molecular flexibility index (Phi) is 6.27. The van der Waals surface area contributed by atoms with Gasteiger partial charge in [0.2, 0.25) is 0 Å². The van der Waals surface area contributed by atoms with Crippen LogP contribution in [0.1, 0.15) is 30.0 Å². The van der Waals surface area contributed by atoms with Gasteiger partial charge >= 0.3 is 6.09 Å². The van der Waals surface area contributed by atoms with Crippen LogP contribution in [0, 0.1) is 11.3 Å². The molecular weight excluding hydrogens is 378 g/mol. The minimum Gasteiger partial charge on any atom is -0.497 e. The second-order valence-electron chi connectivity index (χ2n) is 6.33. The van der Waals surface area contributed by atoms with Crippen molar-refractivity contribution in [3.8, 4) is 11.8 Å². The second kappa shape index (κ2) is 8.85. The number of carbonyl (C=O) groups excluding carboxylic acids is 1. The number of benzene rings is 2. The summed E-state index contributed by atoms with van der Waals surface area (Å²) < 4.78 is 10.3. The molecule has 28 heavy (non-hydrogen) atoms. The third-order valence-corrected chi connectivity index (χ3v) is 4.98. The monoisotopic (exact) mass is 399 g/mol. The number of fused-ring (bicyclic) bond motifs is 1. The SMILES string of the molecule is CCN1c2cc(OC)ccc2C(C#N)C1c1ccc(NC(=O)OCCCl)cc1. The van der Waals surface area contributed by atoms with Gasteiger partial charge in [-0.05, 0) is 36.2 Å². The molecule has 1 aliphatic heterocycles. The molecule has 0 aromatic heterocycles. The van der Waals surface area contributed by atoms with Gasteiger partial charge in [-0.2, -0.15) is 5.26 Å². The molecule has 0 bridgehead atoms. The molecule has 0 aliphatic carbocycles. The summed E-state index contributed by atoms with van der Waals surface area (Å²) in [5.74, 6) is 0.736. The smallest absolute Gasteiger partial charge is 0.411 e. The standard InChI is InChI=1S/C21H22ClN3O3/c1-3-25-19-12-16(27-2)8-9-17(19)18(13-23)20(25)14-4-6-15(7-5-14)24-21(26)28-11-10-22/h4-9,12,18,20H,3,10-11H2,1-2H3,(H,24,26). The molecule has 1 heterocycles. The Morgan fingerprint density at radius 2 is 2.04 bits per heavy atom. The molecule has 0 spiro atoms. The molecule has 2 aromatic carbocycles. The quantitative estimate of drug-likeness (QED) is 0.714. The van der Waals surface area contributed by atoms with Gasteiger partial charge in [0.25, 0.3) is 0 Å². The van der Waals surface area contributed by atoms with Crippen LogP contribution < -0.4 is 15.0 Å². The van der Waals surface area contributed by atoms with E-state index in [9.17, 15) is 10.1 Å². The van der Waals surface area contributed by atoms with Crippen molar-refractivity contribution in [1.82, 2.24) is 0 Å². The van der Waals surface area contributed by atoms with Crippen LogP contribution in [-0.2, 0) is 4.74 Å². The van der Waals surface area contributed by atoms with E-state index in [1.165, 1.54) is 0 Å². The second-order valence-corrected chi connectivity index (χ2v) is 6.71. The van der Waals surface area contributed by atoms with Crippen molar-refractivity contribution in [2.45, 2.75) is 18.9 Å². The highest BCUT2D eigenvalue weighted by Crippen LogP contribution is 2.49. The molecule has 2 aromatic rings. The van der Waals surface area contributed by atoms with E-state index >= 15 is 0 Å². The average molecular weight is 400 g/mol. The first-order chi connectivity index (χ1) is 13.6. The maximum Gasteiger partial charge on any atom is 0.411 e. The number of carbonyl (C=O) groups is 1. The molecular formula is C21H22ClN3O3. The molecule has 1 aliphatic rings. The first-order valence-electron chi connectivity index (χ1n) is 9.06. The van der Waals surface area contributed by atoms with Crippen molar-refractivity contribution in [2.75, 3.05) is 36.4 Å². The van der Waals surface area contributed by atoms with Gasteiger partial charge in [-0.25, -0.2) is 4.79 Å². The highest BCUT2D eigenvalue weighted by atomic mass is 35.5. The number of rotatable bonds is 6. The van der Waals surface area contributed by atoms with E-state index < -0.39 is 6.09 Å². The van der Waals surface area contributed by atoms with E-state index in [1.807, 2.05) is 42.5 Å². The minimum absolute atomic E-state index is 0.102. The van der Waals surface area contributed by atoms with Gasteiger partial charge in [-0.1, -0.05) is 18.2 Å². The average Bonchev–Trinajstić information content (AvgIpc) is 3.05. The van der Waals surface area contributed by atoms with Crippen LogP contribution in [0.3, 0.4) is 0 Å². The van der Waals surface area contributed by atoms with E-state index in [2.05, 4.69) is 23.2 Å². The number of hydrogen-bond acceptors (Lipinski definition) is 5. The highest BCUT2D eigenvalue weighted by molar-refractivity contribution is 6.18. The maximum absolute atomic E-state index is 11.7. The lowest BCUT2D eigenvalue weighted by molar-refractivity contribution is 0.168. The Morgan fingerprint density at radius 3 is 2.64 bits per heavy atom. The summed E-state index contributed by atoms with van der Waals surface area (Å²) in [6.07, 6.45) is -0.543. The van der Waals surface area contributed by atoms with Crippen LogP contribution in [0.4, 0.5) is 16.2 Å². The lowest BCUT2D eigenvalue weighted by Gasteiger charge is -2.28. The Hall–Kier alpha value is -2.91. The van der Waals surface area contributed by atoms with E-state index in [0.717, 1.165) is 29.1 Å². The summed E-state index contributed by atoms with van der Waals surface area (Å²) in [5.41, 5.74) is 3.65. The number of nitriles is 1. The third-order valence-electron chi connectivity index (χ3n) is 4.82. The predicted octanol–water partition coefficient (Wildman–Crippen LogP) is 4.67. The van der Waals surface area contributed by atoms with Crippen LogP contribution in [0.15, 0.2) is 42.5 Å². The van der Waals surface area contributed by atoms with Crippen LogP contribution in [0.25, 0.3) is 0 Å². The Morgan fingerprint density at radius 1 is 1.29 bits per heavy atom. The zero-order chi connectivity index (χ0) is 20.1. The first-order valence-corrected chi connectivity index (χ1v) is 9.60. The van der Waals surface area contributed by atoms with Crippen molar-refractivity contribution < 1.29 is 14.3 Å². The number of likely N-dealkylation sites (N-methyl/N-ethyl adjacent to an activating group) is 1. The topological polar surface area (TPSA) is 74.6 Å². The molecule has 146 valence electrons. The molecule has 0 fully saturated rings. The van der Waals surface area contributed by atoms with Crippen molar-refractivity contribution in [1.29, 1.82) is 5.26 Å². The molecule has 2 atom stereocenters. The van der Waals surface area contributed by atoms with Crippen molar-refractivity contribution in [3.05, 3.63) is 53.6 Å². The summed E-state index contributed by atoms with van der Waals surface area (Å²) in [7, 11) is 1.64. The highest BCUT2D eigenvalue weighted by Gasteiger charge is 2.39. The van der Waals surface area contributed by atoms with Gasteiger partial charge in [0.05, 0.1) is 31.0 Å². The molecule has 1 N–H and O–H groups in total. The van der Waals surface area contributed by atoms with E-state index in [4.69, 9.17) is 21.1 Å². The van der Waals surface area contributed by atoms with Crippen LogP contribution in [0.5, 0.6) is 5.75 Å². The largest absolute Gasteiger partial charge is 0.497 e. The maximum atomic E-state index is 11.7. The van der Waals surface area contributed by atoms with Crippen molar-refractivity contribution >= 4 is 29.1 Å². The molecule has 2 unspecified atom stereocenters. The van der Waals surface area contributed by atoms with Gasteiger partial charge in [0, 0.05) is 24.0 Å². The molecule has 0 saturated heterocycles. The van der Waals surface area contributed by atoms with Gasteiger partial charge in [0.15, 0.2) is 0 Å². The summed E-state index contributed by atoms with van der Waals surface area (Å²) >= 11 is 5.51. The Labute approximate surface area is 169 Å². The number of nitrogens with one attached hydrogen (secondary N) is 1. The summed E-state index contributed by atoms with van der Waals surface area (Å²) in [5, 5.41) is 12.5. The van der Waals surface area contributed by atoms with Gasteiger partial charge in [0.1, 0.15) is 12.4 Å². The molecule has 3 rings (SSSR count). The number of hydrogen-bond donors (Lipinski definition) is 1. The van der Waals surface area contributed by atoms with Crippen LogP contribution >= 0.6 is 11.6 Å². The fourth-order valence-corrected chi connectivity index (χ4v) is 3.67. The van der Waals surface area contributed by atoms with Gasteiger partial charge in [-0.15, -0.1) is 11.6 Å². The van der Waals surface area contributed by atoms with E-state index in [0.29, 0.717) is 5.69 Å². The lowest BCUT2D eigenvalue weighted by atomic mass is 9.91. The van der Waals surface area contributed by atoms with Crippen LogP contribution in [-0.4, -0.2) is 32.2 Å². The summed E-state index contributed by atoms with van der Waals surface area (Å²) in [4.78, 5) is 13.9. The molecule has 6 nitrogen and oxygen atoms in total. The number of alkyl halides is 1. The number of anilines is 2. The van der Waals surface area contributed by atoms with Crippen molar-refractivity contribution in [2.24, 2.45) is 0 Å². The summed E-state index contributed by atoms with van der Waals surface area (Å²) in [6.45, 7) is 2.98. The molecule has 7 heteroatoms. The van der Waals surface area contributed by atoms with E-state index in [1.54, 1.807) is 7.11 Å². The number of methoxy groups -OCH3 is 1. The zero-order valence-electron chi connectivity index (χ0n) is 15.8. The number of ether oxygens (including phenoxy) is 2. The Balaban J connectivity index is 1.86. The number of halogens is 1. The van der Waals surface area contributed by atoms with Gasteiger partial charge < -0.3 is 14.4 Å². The number of nitrogens with zero attached hydrogens (tertiary/aromatic N) is 2. The minimum atomic E-state index is -0.543. The third kappa shape index (κ3) is 3.85. The fourth-order valence-electron chi connectivity index (χ4n) is 3.59. The fraction of sp³-hybridized carbons (Fsp3) is 0.333. The molecule has 0 radical (unpaired) electrons. The van der Waals surface area contributed by atoms with Gasteiger partial charge in [-0.3, -0.25) is 5.32 Å². The normalized spacial score (nSPS) is 17.6. The molecule has 0 saturated carbocycles. The van der Waals surface area contributed by atoms with Crippen LogP contribution in [0.2, 0.25) is 0 Å².